The molecular formula is C37H35N3O8. The average Bonchev–Trinajstić information content (AvgIpc) is 3.47. The van der Waals surface area contributed by atoms with Crippen molar-refractivity contribution in [2.75, 3.05) is 19.1 Å². The molecule has 11 heteroatoms. The smallest absolute Gasteiger partial charge is 0.423 e. The van der Waals surface area contributed by atoms with E-state index in [1.165, 1.54) is 6.07 Å². The molecule has 3 fully saturated rings. The van der Waals surface area contributed by atoms with E-state index in [9.17, 15) is 24.3 Å². The maximum atomic E-state index is 15.1. The number of hydrogen-bond donors (Lipinski definition) is 2. The number of carbonyl (C=O) groups excluding carboxylic acids is 5. The molecule has 7 rings (SSSR count). The van der Waals surface area contributed by atoms with Crippen LogP contribution in [0.25, 0.3) is 0 Å². The SMILES string of the molecule is CCOc1cc(C2C3=CCC4C(=O)N(C(=O)OC)C(=O)C4C3CC3C(=O)N(Nc4ccc(C)cc4)C(=O)C32c2ccccc2)ccc1O. The van der Waals surface area contributed by atoms with E-state index in [0.29, 0.717) is 21.7 Å². The highest BCUT2D eigenvalue weighted by Gasteiger charge is 2.70. The van der Waals surface area contributed by atoms with Crippen molar-refractivity contribution in [3.8, 4) is 11.5 Å². The molecule has 246 valence electrons. The number of rotatable bonds is 6. The summed E-state index contributed by atoms with van der Waals surface area (Å²) in [5.74, 6) is -6.29. The van der Waals surface area contributed by atoms with Crippen molar-refractivity contribution in [2.24, 2.45) is 23.7 Å². The fourth-order valence-electron chi connectivity index (χ4n) is 8.37. The van der Waals surface area contributed by atoms with Gasteiger partial charge in [-0.25, -0.2) is 4.79 Å². The minimum Gasteiger partial charge on any atom is -0.504 e. The Labute approximate surface area is 277 Å². The Morgan fingerprint density at radius 2 is 1.69 bits per heavy atom. The molecule has 3 aromatic carbocycles. The topological polar surface area (TPSA) is 143 Å². The Bertz CT molecular complexity index is 1870. The quantitative estimate of drug-likeness (QED) is 0.283. The highest BCUT2D eigenvalue weighted by molar-refractivity contribution is 6.16. The summed E-state index contributed by atoms with van der Waals surface area (Å²) in [5.41, 5.74) is 5.08. The van der Waals surface area contributed by atoms with Gasteiger partial charge in [-0.2, -0.15) is 9.91 Å². The zero-order valence-corrected chi connectivity index (χ0v) is 26.7. The number of nitrogens with zero attached hydrogens (tertiary/aromatic N) is 2. The van der Waals surface area contributed by atoms with Crippen LogP contribution in [0.2, 0.25) is 0 Å². The van der Waals surface area contributed by atoms with Gasteiger partial charge in [0.1, 0.15) is 0 Å². The number of amides is 5. The third-order valence-electron chi connectivity index (χ3n) is 10.4. The van der Waals surface area contributed by atoms with E-state index in [2.05, 4.69) is 5.43 Å². The first-order valence-corrected chi connectivity index (χ1v) is 16.0. The number of ether oxygens (including phenoxy) is 2. The lowest BCUT2D eigenvalue weighted by Crippen LogP contribution is -2.53. The summed E-state index contributed by atoms with van der Waals surface area (Å²) in [6, 6.07) is 21.3. The summed E-state index contributed by atoms with van der Waals surface area (Å²) in [6.45, 7) is 4.00. The highest BCUT2D eigenvalue weighted by atomic mass is 16.5. The van der Waals surface area contributed by atoms with Gasteiger partial charge >= 0.3 is 6.09 Å². The largest absolute Gasteiger partial charge is 0.504 e. The molecule has 2 N–H and O–H groups in total. The maximum absolute atomic E-state index is 15.1. The number of nitrogens with one attached hydrogen (secondary N) is 1. The number of imide groups is 4. The lowest BCUT2D eigenvalue weighted by Gasteiger charge is -2.50. The standard InChI is InChI=1S/C37H35N3O8/c1-4-48-29-18-21(12-17-28(29)41)31-24-15-16-25-30(34(44)39(32(25)42)36(46)47-3)26(24)19-27-33(43)40(38-23-13-10-20(2)11-14-23)35(45)37(27,31)22-8-6-5-7-9-22/h5-15,17-18,25-27,30-31,38,41H,4,16,19H2,1-3H3. The number of hydrogen-bond acceptors (Lipinski definition) is 9. The van der Waals surface area contributed by atoms with Crippen LogP contribution in [0, 0.1) is 30.6 Å². The number of likely N-dealkylation sites (tertiary alicyclic amines) is 1. The van der Waals surface area contributed by atoms with Crippen LogP contribution in [-0.2, 0) is 29.3 Å². The first kappa shape index (κ1) is 31.2. The summed E-state index contributed by atoms with van der Waals surface area (Å²) in [6.07, 6.45) is 1.08. The van der Waals surface area contributed by atoms with Crippen LogP contribution in [0.3, 0.4) is 0 Å². The number of phenolic OH excluding ortho intramolecular Hbond substituents is 1. The van der Waals surface area contributed by atoms with Crippen LogP contribution in [0.4, 0.5) is 10.5 Å². The van der Waals surface area contributed by atoms with Crippen LogP contribution >= 0.6 is 0 Å². The van der Waals surface area contributed by atoms with E-state index in [4.69, 9.17) is 9.47 Å². The summed E-state index contributed by atoms with van der Waals surface area (Å²) in [5, 5.41) is 11.7. The predicted octanol–water partition coefficient (Wildman–Crippen LogP) is 4.85. The minimum absolute atomic E-state index is 0.0828. The molecule has 6 atom stereocenters. The second-order valence-corrected chi connectivity index (χ2v) is 12.7. The molecule has 3 aromatic rings. The van der Waals surface area contributed by atoms with Gasteiger partial charge in [0, 0.05) is 5.92 Å². The number of phenols is 1. The fraction of sp³-hybridized carbons (Fsp3) is 0.324. The number of hydrazine groups is 1. The molecular weight excluding hydrogens is 614 g/mol. The predicted molar refractivity (Wildman–Crippen MR) is 172 cm³/mol. The number of anilines is 1. The van der Waals surface area contributed by atoms with Crippen LogP contribution in [-0.4, -0.2) is 58.5 Å². The Hall–Kier alpha value is -5.45. The lowest BCUT2D eigenvalue weighted by molar-refractivity contribution is -0.140. The van der Waals surface area contributed by atoms with Crippen LogP contribution in [0.5, 0.6) is 11.5 Å². The van der Waals surface area contributed by atoms with Crippen molar-refractivity contribution >= 4 is 35.4 Å². The van der Waals surface area contributed by atoms with Gasteiger partial charge in [-0.3, -0.25) is 24.6 Å². The molecule has 48 heavy (non-hydrogen) atoms. The summed E-state index contributed by atoms with van der Waals surface area (Å²) in [7, 11) is 1.11. The Kier molecular flexibility index (Phi) is 7.57. The summed E-state index contributed by atoms with van der Waals surface area (Å²) < 4.78 is 10.5. The average molecular weight is 650 g/mol. The van der Waals surface area contributed by atoms with Crippen molar-refractivity contribution in [2.45, 2.75) is 38.0 Å². The minimum atomic E-state index is -1.47. The first-order valence-electron chi connectivity index (χ1n) is 16.0. The van der Waals surface area contributed by atoms with Gasteiger partial charge in [0.2, 0.25) is 11.8 Å². The van der Waals surface area contributed by atoms with Gasteiger partial charge in [-0.1, -0.05) is 65.7 Å². The second kappa shape index (κ2) is 11.7. The molecule has 1 saturated carbocycles. The van der Waals surface area contributed by atoms with E-state index >= 15 is 4.79 Å². The molecule has 0 aromatic heterocycles. The normalized spacial score (nSPS) is 27.6. The third kappa shape index (κ3) is 4.44. The zero-order chi connectivity index (χ0) is 33.9. The van der Waals surface area contributed by atoms with E-state index in [1.807, 2.05) is 55.5 Å². The lowest BCUT2D eigenvalue weighted by atomic mass is 9.49. The van der Waals surface area contributed by atoms with Gasteiger partial charge < -0.3 is 14.6 Å². The van der Waals surface area contributed by atoms with Crippen molar-refractivity contribution in [3.63, 3.8) is 0 Å². The number of benzene rings is 3. The molecule has 2 saturated heterocycles. The number of allylic oxidation sites excluding steroid dienone is 2. The number of methoxy groups -OCH3 is 1. The summed E-state index contributed by atoms with van der Waals surface area (Å²) in [4.78, 5) is 70.3. The van der Waals surface area contributed by atoms with Crippen molar-refractivity contribution < 1.29 is 38.6 Å². The molecule has 2 heterocycles. The van der Waals surface area contributed by atoms with Crippen LogP contribution in [0.1, 0.15) is 42.4 Å². The Morgan fingerprint density at radius 3 is 2.38 bits per heavy atom. The molecule has 0 radical (unpaired) electrons. The molecule has 2 aliphatic heterocycles. The van der Waals surface area contributed by atoms with Gasteiger partial charge in [0.15, 0.2) is 11.5 Å². The van der Waals surface area contributed by atoms with Gasteiger partial charge in [0.25, 0.3) is 11.8 Å². The van der Waals surface area contributed by atoms with Crippen LogP contribution in [0.15, 0.2) is 84.4 Å². The maximum Gasteiger partial charge on any atom is 0.423 e. The van der Waals surface area contributed by atoms with Gasteiger partial charge in [-0.05, 0) is 68.0 Å². The first-order chi connectivity index (χ1) is 23.1. The number of fused-ring (bicyclic) bond motifs is 4. The van der Waals surface area contributed by atoms with Crippen molar-refractivity contribution in [1.82, 2.24) is 9.91 Å². The van der Waals surface area contributed by atoms with E-state index in [0.717, 1.165) is 23.3 Å². The monoisotopic (exact) mass is 649 g/mol. The van der Waals surface area contributed by atoms with E-state index < -0.39 is 64.7 Å². The molecule has 5 amide bonds. The highest BCUT2D eigenvalue weighted by Crippen LogP contribution is 2.64. The molecule has 0 spiro atoms. The van der Waals surface area contributed by atoms with Crippen LogP contribution < -0.4 is 10.2 Å². The number of aryl methyl sites for hydroxylation is 1. The molecule has 6 unspecified atom stereocenters. The Morgan fingerprint density at radius 1 is 0.958 bits per heavy atom. The number of carbonyl (C=O) groups is 5. The summed E-state index contributed by atoms with van der Waals surface area (Å²) >= 11 is 0. The van der Waals surface area contributed by atoms with Crippen molar-refractivity contribution in [3.05, 3.63) is 101 Å². The van der Waals surface area contributed by atoms with E-state index in [1.54, 1.807) is 31.2 Å². The fourth-order valence-corrected chi connectivity index (χ4v) is 8.37. The van der Waals surface area contributed by atoms with Gasteiger partial charge in [-0.15, -0.1) is 0 Å². The number of aromatic hydroxyl groups is 1. The zero-order valence-electron chi connectivity index (χ0n) is 26.7. The Balaban J connectivity index is 1.45. The van der Waals surface area contributed by atoms with E-state index in [-0.39, 0.29) is 30.9 Å². The molecule has 11 nitrogen and oxygen atoms in total. The molecule has 4 aliphatic rings. The molecule has 2 aliphatic carbocycles. The van der Waals surface area contributed by atoms with Gasteiger partial charge in [0.05, 0.1) is 42.6 Å². The molecule has 0 bridgehead atoms. The second-order valence-electron chi connectivity index (χ2n) is 12.7. The van der Waals surface area contributed by atoms with Crippen molar-refractivity contribution in [1.29, 1.82) is 0 Å². The third-order valence-corrected chi connectivity index (χ3v) is 10.4.